The van der Waals surface area contributed by atoms with Crippen molar-refractivity contribution in [3.63, 3.8) is 0 Å². The Labute approximate surface area is 224 Å². The van der Waals surface area contributed by atoms with E-state index >= 15 is 0 Å². The van der Waals surface area contributed by atoms with Crippen LogP contribution in [-0.2, 0) is 21.7 Å². The SMILES string of the molecule is C.CC1(C)CCN2CCC(C)(C)c3c4c(cc1c32)C=c1cc2c3c(c1O4)C(C)(C)CC[N+]=3CCC2(C)C. The van der Waals surface area contributed by atoms with Gasteiger partial charge in [-0.05, 0) is 47.4 Å². The monoisotopic (exact) mass is 499 g/mol. The van der Waals surface area contributed by atoms with Crippen molar-refractivity contribution in [3.8, 4) is 11.5 Å². The molecule has 0 radical (unpaired) electrons. The zero-order valence-electron chi connectivity index (χ0n) is 23.7. The van der Waals surface area contributed by atoms with Crippen LogP contribution in [0.4, 0.5) is 5.69 Å². The molecule has 37 heavy (non-hydrogen) atoms. The van der Waals surface area contributed by atoms with E-state index in [1.165, 1.54) is 69.8 Å². The maximum absolute atomic E-state index is 7.24. The molecule has 0 bridgehead atoms. The minimum absolute atomic E-state index is 0. The Morgan fingerprint density at radius 3 is 2.00 bits per heavy atom. The number of ether oxygens (including phenoxy) is 1. The van der Waals surface area contributed by atoms with E-state index in [0.717, 1.165) is 37.7 Å². The number of rotatable bonds is 0. The fraction of sp³-hybridized carbons (Fsp3) is 0.618. The molecule has 0 aliphatic carbocycles. The molecule has 0 aromatic heterocycles. The van der Waals surface area contributed by atoms with Crippen molar-refractivity contribution >= 4 is 11.8 Å². The van der Waals surface area contributed by atoms with Gasteiger partial charge >= 0.3 is 0 Å². The largest absolute Gasteiger partial charge is 0.455 e. The maximum Gasteiger partial charge on any atom is 0.211 e. The molecule has 3 nitrogen and oxygen atoms in total. The summed E-state index contributed by atoms with van der Waals surface area (Å²) in [6.45, 7) is 24.1. The minimum atomic E-state index is 0. The van der Waals surface area contributed by atoms with E-state index in [1.807, 2.05) is 0 Å². The zero-order chi connectivity index (χ0) is 25.4. The first kappa shape index (κ1) is 25.0. The highest BCUT2D eigenvalue weighted by atomic mass is 16.5. The lowest BCUT2D eigenvalue weighted by molar-refractivity contribution is 0.317. The first-order valence-electron chi connectivity index (χ1n) is 14.3. The maximum atomic E-state index is 7.24. The number of fused-ring (bicyclic) bond motifs is 4. The second-order valence-corrected chi connectivity index (χ2v) is 14.9. The lowest BCUT2D eigenvalue weighted by Crippen LogP contribution is -2.54. The molecule has 0 spiro atoms. The third-order valence-corrected chi connectivity index (χ3v) is 10.5. The van der Waals surface area contributed by atoms with E-state index in [9.17, 15) is 0 Å². The van der Waals surface area contributed by atoms with E-state index in [2.05, 4.69) is 83.1 Å². The predicted octanol–water partition coefficient (Wildman–Crippen LogP) is 6.28. The number of nitrogens with zero attached hydrogens (tertiary/aromatic N) is 2. The van der Waals surface area contributed by atoms with Crippen molar-refractivity contribution < 1.29 is 4.74 Å². The van der Waals surface area contributed by atoms with Crippen LogP contribution in [0.5, 0.6) is 11.5 Å². The minimum Gasteiger partial charge on any atom is -0.455 e. The van der Waals surface area contributed by atoms with Crippen LogP contribution >= 0.6 is 0 Å². The Morgan fingerprint density at radius 1 is 0.703 bits per heavy atom. The summed E-state index contributed by atoms with van der Waals surface area (Å²) in [5.41, 5.74) is 9.26. The molecular weight excluding hydrogens is 452 g/mol. The van der Waals surface area contributed by atoms with Gasteiger partial charge in [0.25, 0.3) is 0 Å². The van der Waals surface area contributed by atoms with Gasteiger partial charge in [-0.25, -0.2) is 4.58 Å². The molecule has 0 amide bonds. The van der Waals surface area contributed by atoms with Crippen LogP contribution in [0.3, 0.4) is 0 Å². The van der Waals surface area contributed by atoms with Crippen LogP contribution in [0.2, 0.25) is 0 Å². The van der Waals surface area contributed by atoms with E-state index in [1.54, 1.807) is 0 Å². The lowest BCUT2D eigenvalue weighted by Gasteiger charge is -2.49. The van der Waals surface area contributed by atoms with Gasteiger partial charge in [-0.15, -0.1) is 0 Å². The van der Waals surface area contributed by atoms with Crippen molar-refractivity contribution in [2.24, 2.45) is 0 Å². The molecule has 0 saturated heterocycles. The molecule has 5 heterocycles. The fourth-order valence-corrected chi connectivity index (χ4v) is 7.85. The Hall–Kier alpha value is -2.29. The summed E-state index contributed by atoms with van der Waals surface area (Å²) in [6.07, 6.45) is 7.26. The smallest absolute Gasteiger partial charge is 0.211 e. The van der Waals surface area contributed by atoms with Gasteiger partial charge in [-0.2, -0.15) is 0 Å². The second-order valence-electron chi connectivity index (χ2n) is 14.9. The summed E-state index contributed by atoms with van der Waals surface area (Å²) in [5, 5.41) is 2.76. The van der Waals surface area contributed by atoms with Crippen molar-refractivity contribution in [3.05, 3.63) is 50.5 Å². The van der Waals surface area contributed by atoms with Gasteiger partial charge in [-0.1, -0.05) is 62.8 Å². The van der Waals surface area contributed by atoms with Gasteiger partial charge < -0.3 is 9.64 Å². The number of anilines is 1. The van der Waals surface area contributed by atoms with Crippen molar-refractivity contribution in [1.29, 1.82) is 0 Å². The average Bonchev–Trinajstić information content (AvgIpc) is 2.79. The standard InChI is InChI=1S/C33H43N2O.CH4/c1-30(2)9-13-34-15-11-32(5,6)24-26(34)22(30)18-20-17-21-19-23-27-25(29(21)36-28(20)24)33(7,8)12-16-35(27)14-10-31(23,3)4;/h17-19H,9-16H2,1-8H3;1H4/q+1;. The van der Waals surface area contributed by atoms with Crippen LogP contribution in [0.1, 0.15) is 116 Å². The normalized spacial score (nSPS) is 24.3. The van der Waals surface area contributed by atoms with E-state index in [0.29, 0.717) is 0 Å². The number of hydrogen-bond acceptors (Lipinski definition) is 2. The molecule has 5 aliphatic heterocycles. The van der Waals surface area contributed by atoms with E-state index in [4.69, 9.17) is 4.74 Å². The van der Waals surface area contributed by atoms with Crippen LogP contribution < -0.4 is 24.8 Å². The van der Waals surface area contributed by atoms with E-state index < -0.39 is 0 Å². The van der Waals surface area contributed by atoms with Gasteiger partial charge in [0.15, 0.2) is 0 Å². The van der Waals surface area contributed by atoms with Crippen molar-refractivity contribution in [2.75, 3.05) is 31.1 Å². The van der Waals surface area contributed by atoms with Crippen molar-refractivity contribution in [1.82, 2.24) is 4.58 Å². The Kier molecular flexibility index (Phi) is 5.02. The van der Waals surface area contributed by atoms with Gasteiger partial charge in [-0.3, -0.25) is 0 Å². The number of hydrogen-bond donors (Lipinski definition) is 0. The number of benzene rings is 2. The zero-order valence-corrected chi connectivity index (χ0v) is 23.7. The molecule has 0 atom stereocenters. The van der Waals surface area contributed by atoms with Crippen LogP contribution in [0.15, 0.2) is 12.1 Å². The van der Waals surface area contributed by atoms with Gasteiger partial charge in [0.2, 0.25) is 5.36 Å². The second kappa shape index (κ2) is 7.42. The first-order valence-corrected chi connectivity index (χ1v) is 14.3. The summed E-state index contributed by atoms with van der Waals surface area (Å²) in [5.74, 6) is 2.26. The highest BCUT2D eigenvalue weighted by Gasteiger charge is 2.46. The molecule has 2 aromatic rings. The summed E-state index contributed by atoms with van der Waals surface area (Å²) in [7, 11) is 0. The Balaban J connectivity index is 0.00000252. The summed E-state index contributed by atoms with van der Waals surface area (Å²) >= 11 is 0. The van der Waals surface area contributed by atoms with Crippen LogP contribution in [0.25, 0.3) is 6.08 Å². The van der Waals surface area contributed by atoms with Crippen LogP contribution in [-0.4, -0.2) is 26.2 Å². The summed E-state index contributed by atoms with van der Waals surface area (Å²) < 4.78 is 9.90. The highest BCUT2D eigenvalue weighted by Crippen LogP contribution is 2.55. The summed E-state index contributed by atoms with van der Waals surface area (Å²) in [4.78, 5) is 2.66. The molecule has 2 aromatic carbocycles. The topological polar surface area (TPSA) is 15.5 Å². The molecule has 7 rings (SSSR count). The highest BCUT2D eigenvalue weighted by molar-refractivity contribution is 5.79. The first-order chi connectivity index (χ1) is 16.8. The van der Waals surface area contributed by atoms with Gasteiger partial charge in [0.05, 0.1) is 5.56 Å². The molecule has 0 saturated carbocycles. The van der Waals surface area contributed by atoms with Gasteiger partial charge in [0, 0.05) is 64.4 Å². The molecular formula is C34H47N2O+. The Bertz CT molecular complexity index is 1460. The molecule has 0 N–H and O–H groups in total. The molecule has 198 valence electrons. The van der Waals surface area contributed by atoms with Crippen molar-refractivity contribution in [2.45, 2.75) is 110 Å². The summed E-state index contributed by atoms with van der Waals surface area (Å²) in [6, 6.07) is 4.97. The quantitative estimate of drug-likeness (QED) is 0.338. The van der Waals surface area contributed by atoms with E-state index in [-0.39, 0.29) is 29.1 Å². The average molecular weight is 500 g/mol. The van der Waals surface area contributed by atoms with Gasteiger partial charge in [0.1, 0.15) is 24.6 Å². The molecule has 3 heteroatoms. The van der Waals surface area contributed by atoms with Crippen LogP contribution in [0, 0.1) is 0 Å². The molecule has 0 unspecified atom stereocenters. The third kappa shape index (κ3) is 3.28. The predicted molar refractivity (Wildman–Crippen MR) is 156 cm³/mol. The lowest BCUT2D eigenvalue weighted by atomic mass is 9.68. The Morgan fingerprint density at radius 2 is 1.30 bits per heavy atom. The molecule has 5 aliphatic rings. The molecule has 0 fully saturated rings. The fourth-order valence-electron chi connectivity index (χ4n) is 7.85. The third-order valence-electron chi connectivity index (χ3n) is 10.5.